The molecule has 3 rings (SSSR count). The van der Waals surface area contributed by atoms with E-state index in [0.717, 1.165) is 11.1 Å². The van der Waals surface area contributed by atoms with Gasteiger partial charge in [-0.2, -0.15) is 0 Å². The van der Waals surface area contributed by atoms with E-state index in [1.165, 1.54) is 0 Å². The lowest BCUT2D eigenvalue weighted by atomic mass is 10.0. The van der Waals surface area contributed by atoms with Gasteiger partial charge in [0, 0.05) is 11.1 Å². The number of carbonyl (C=O) groups excluding carboxylic acids is 1. The highest BCUT2D eigenvalue weighted by molar-refractivity contribution is 6.33. The molecule has 1 fully saturated rings. The molecule has 1 saturated heterocycles. The summed E-state index contributed by atoms with van der Waals surface area (Å²) in [4.78, 5) is 12.4. The summed E-state index contributed by atoms with van der Waals surface area (Å²) in [7, 11) is 0. The van der Waals surface area contributed by atoms with Gasteiger partial charge in [-0.25, -0.2) is 10.9 Å². The quantitative estimate of drug-likeness (QED) is 0.788. The van der Waals surface area contributed by atoms with Gasteiger partial charge >= 0.3 is 0 Å². The van der Waals surface area contributed by atoms with E-state index in [-0.39, 0.29) is 18.0 Å². The molecular weight excluding hydrogens is 333 g/mol. The highest BCUT2D eigenvalue weighted by atomic mass is 35.5. The molecule has 2 unspecified atom stereocenters. The number of halogens is 2. The summed E-state index contributed by atoms with van der Waals surface area (Å²) < 4.78 is 0. The van der Waals surface area contributed by atoms with E-state index in [0.29, 0.717) is 22.2 Å². The van der Waals surface area contributed by atoms with Crippen LogP contribution in [0.25, 0.3) is 0 Å². The minimum absolute atomic E-state index is 0.0662. The van der Waals surface area contributed by atoms with Crippen molar-refractivity contribution in [3.05, 3.63) is 63.6 Å². The molecular formula is C17H17Cl2N3O. The molecule has 4 nitrogen and oxygen atoms in total. The molecule has 2 aromatic rings. The minimum atomic E-state index is -0.326. The van der Waals surface area contributed by atoms with Gasteiger partial charge in [-0.1, -0.05) is 41.4 Å². The molecule has 0 radical (unpaired) electrons. The van der Waals surface area contributed by atoms with Crippen LogP contribution in [0.5, 0.6) is 0 Å². The maximum atomic E-state index is 12.4. The second kappa shape index (κ2) is 6.89. The first-order chi connectivity index (χ1) is 11.0. The van der Waals surface area contributed by atoms with E-state index in [1.807, 2.05) is 49.4 Å². The smallest absolute Gasteiger partial charge is 0.242 e. The van der Waals surface area contributed by atoms with Crippen molar-refractivity contribution in [1.29, 1.82) is 0 Å². The highest BCUT2D eigenvalue weighted by Gasteiger charge is 2.30. The number of anilines is 1. The monoisotopic (exact) mass is 349 g/mol. The van der Waals surface area contributed by atoms with Gasteiger partial charge in [-0.05, 0) is 48.7 Å². The Bertz CT molecular complexity index is 718. The lowest BCUT2D eigenvalue weighted by molar-refractivity contribution is -0.117. The molecule has 0 saturated carbocycles. The summed E-state index contributed by atoms with van der Waals surface area (Å²) in [5, 5.41) is 4.10. The maximum absolute atomic E-state index is 12.4. The first-order valence-electron chi connectivity index (χ1n) is 7.36. The van der Waals surface area contributed by atoms with Crippen LogP contribution in [0.3, 0.4) is 0 Å². The van der Waals surface area contributed by atoms with Crippen LogP contribution < -0.4 is 16.2 Å². The molecule has 0 aromatic heterocycles. The fraction of sp³-hybridized carbons (Fsp3) is 0.235. The summed E-state index contributed by atoms with van der Waals surface area (Å²) >= 11 is 12.1. The summed E-state index contributed by atoms with van der Waals surface area (Å²) in [5.74, 6) is -0.111. The second-order valence-electron chi connectivity index (χ2n) is 5.65. The number of hydrazine groups is 1. The van der Waals surface area contributed by atoms with Crippen LogP contribution >= 0.6 is 23.2 Å². The number of hydrogen-bond acceptors (Lipinski definition) is 3. The topological polar surface area (TPSA) is 53.2 Å². The fourth-order valence-electron chi connectivity index (χ4n) is 2.58. The number of rotatable bonds is 3. The van der Waals surface area contributed by atoms with Gasteiger partial charge in [0.1, 0.15) is 6.04 Å². The third-order valence-corrected chi connectivity index (χ3v) is 4.44. The van der Waals surface area contributed by atoms with Gasteiger partial charge in [-0.3, -0.25) is 4.79 Å². The summed E-state index contributed by atoms with van der Waals surface area (Å²) in [6.45, 7) is 1.96. The fourth-order valence-corrected chi connectivity index (χ4v) is 2.99. The van der Waals surface area contributed by atoms with Crippen molar-refractivity contribution >= 4 is 34.8 Å². The van der Waals surface area contributed by atoms with E-state index >= 15 is 0 Å². The Balaban J connectivity index is 1.64. The molecule has 23 heavy (non-hydrogen) atoms. The predicted molar refractivity (Wildman–Crippen MR) is 93.7 cm³/mol. The average molecular weight is 350 g/mol. The largest absolute Gasteiger partial charge is 0.323 e. The van der Waals surface area contributed by atoms with Gasteiger partial charge in [-0.15, -0.1) is 0 Å². The molecule has 0 aliphatic carbocycles. The zero-order valence-electron chi connectivity index (χ0n) is 12.6. The number of nitrogens with one attached hydrogen (secondary N) is 3. The summed E-state index contributed by atoms with van der Waals surface area (Å²) in [6, 6.07) is 12.9. The van der Waals surface area contributed by atoms with E-state index in [1.54, 1.807) is 0 Å². The Labute approximate surface area is 145 Å². The standard InChI is InChI=1S/C17H17Cl2N3O/c1-10-2-7-14(13(19)8-10)20-17(23)16-9-15(21-22-16)11-3-5-12(18)6-4-11/h2-8,15-16,21-22H,9H2,1H3,(H,20,23). The molecule has 1 aliphatic rings. The zero-order valence-corrected chi connectivity index (χ0v) is 14.1. The molecule has 2 aromatic carbocycles. The van der Waals surface area contributed by atoms with Crippen molar-refractivity contribution < 1.29 is 4.79 Å². The molecule has 6 heteroatoms. The first-order valence-corrected chi connectivity index (χ1v) is 8.12. The van der Waals surface area contributed by atoms with Crippen molar-refractivity contribution in [1.82, 2.24) is 10.9 Å². The minimum Gasteiger partial charge on any atom is -0.323 e. The van der Waals surface area contributed by atoms with Crippen molar-refractivity contribution in [2.45, 2.75) is 25.4 Å². The number of benzene rings is 2. The van der Waals surface area contributed by atoms with Crippen LogP contribution in [0, 0.1) is 6.92 Å². The molecule has 0 spiro atoms. The van der Waals surface area contributed by atoms with E-state index in [4.69, 9.17) is 23.2 Å². The lowest BCUT2D eigenvalue weighted by Crippen LogP contribution is -2.39. The van der Waals surface area contributed by atoms with Crippen molar-refractivity contribution in [3.63, 3.8) is 0 Å². The molecule has 120 valence electrons. The van der Waals surface area contributed by atoms with Crippen LogP contribution in [0.2, 0.25) is 10.0 Å². The molecule has 1 heterocycles. The average Bonchev–Trinajstić information content (AvgIpc) is 3.01. The molecule has 1 aliphatic heterocycles. The van der Waals surface area contributed by atoms with Gasteiger partial charge < -0.3 is 5.32 Å². The van der Waals surface area contributed by atoms with Gasteiger partial charge in [0.2, 0.25) is 5.91 Å². The lowest BCUT2D eigenvalue weighted by Gasteiger charge is -2.12. The van der Waals surface area contributed by atoms with E-state index in [9.17, 15) is 4.79 Å². The maximum Gasteiger partial charge on any atom is 0.242 e. The third-order valence-electron chi connectivity index (χ3n) is 3.87. The normalized spacial score (nSPS) is 20.5. The van der Waals surface area contributed by atoms with Crippen LogP contribution in [-0.4, -0.2) is 11.9 Å². The van der Waals surface area contributed by atoms with Gasteiger partial charge in [0.15, 0.2) is 0 Å². The number of carbonyl (C=O) groups is 1. The predicted octanol–water partition coefficient (Wildman–Crippen LogP) is 3.85. The third kappa shape index (κ3) is 3.85. The Morgan fingerprint density at radius 1 is 1.13 bits per heavy atom. The Kier molecular flexibility index (Phi) is 4.87. The number of amides is 1. The Morgan fingerprint density at radius 3 is 2.57 bits per heavy atom. The van der Waals surface area contributed by atoms with Gasteiger partial charge in [0.25, 0.3) is 0 Å². The first kappa shape index (κ1) is 16.3. The van der Waals surface area contributed by atoms with E-state index < -0.39 is 0 Å². The second-order valence-corrected chi connectivity index (χ2v) is 6.50. The molecule has 2 atom stereocenters. The van der Waals surface area contributed by atoms with Crippen LogP contribution in [-0.2, 0) is 4.79 Å². The van der Waals surface area contributed by atoms with Crippen molar-refractivity contribution in [2.75, 3.05) is 5.32 Å². The Morgan fingerprint density at radius 2 is 1.87 bits per heavy atom. The van der Waals surface area contributed by atoms with Crippen molar-refractivity contribution in [3.8, 4) is 0 Å². The van der Waals surface area contributed by atoms with Crippen LogP contribution in [0.15, 0.2) is 42.5 Å². The zero-order chi connectivity index (χ0) is 16.4. The SMILES string of the molecule is Cc1ccc(NC(=O)C2CC(c3ccc(Cl)cc3)NN2)c(Cl)c1. The number of aryl methyl sites for hydroxylation is 1. The van der Waals surface area contributed by atoms with E-state index in [2.05, 4.69) is 16.2 Å². The Hall–Kier alpha value is -1.59. The summed E-state index contributed by atoms with van der Waals surface area (Å²) in [6.07, 6.45) is 0.650. The highest BCUT2D eigenvalue weighted by Crippen LogP contribution is 2.26. The van der Waals surface area contributed by atoms with Crippen LogP contribution in [0.4, 0.5) is 5.69 Å². The molecule has 1 amide bonds. The summed E-state index contributed by atoms with van der Waals surface area (Å²) in [5.41, 5.74) is 8.94. The number of hydrogen-bond donors (Lipinski definition) is 3. The molecule has 0 bridgehead atoms. The van der Waals surface area contributed by atoms with Crippen molar-refractivity contribution in [2.24, 2.45) is 0 Å². The van der Waals surface area contributed by atoms with Crippen LogP contribution in [0.1, 0.15) is 23.6 Å². The van der Waals surface area contributed by atoms with Gasteiger partial charge in [0.05, 0.1) is 10.7 Å². The molecule has 3 N–H and O–H groups in total.